The van der Waals surface area contributed by atoms with Gasteiger partial charge in [-0.15, -0.1) is 0 Å². The van der Waals surface area contributed by atoms with Crippen LogP contribution in [0.5, 0.6) is 5.75 Å². The van der Waals surface area contributed by atoms with E-state index in [2.05, 4.69) is 9.97 Å². The fourth-order valence-corrected chi connectivity index (χ4v) is 2.08. The Hall–Kier alpha value is -2.00. The van der Waals surface area contributed by atoms with E-state index in [9.17, 15) is 0 Å². The van der Waals surface area contributed by atoms with Crippen LogP contribution < -0.4 is 4.74 Å². The first-order valence-corrected chi connectivity index (χ1v) is 5.93. The van der Waals surface area contributed by atoms with Crippen LogP contribution in [0.4, 0.5) is 0 Å². The summed E-state index contributed by atoms with van der Waals surface area (Å²) in [5, 5.41) is 1.65. The number of halogens is 1. The van der Waals surface area contributed by atoms with Gasteiger partial charge in [0.25, 0.3) is 0 Å². The average molecular weight is 259 g/mol. The van der Waals surface area contributed by atoms with Crippen molar-refractivity contribution < 1.29 is 4.74 Å². The third-order valence-corrected chi connectivity index (χ3v) is 3.04. The predicted molar refractivity (Wildman–Crippen MR) is 73.1 cm³/mol. The highest BCUT2D eigenvalue weighted by Gasteiger charge is 2.05. The Labute approximate surface area is 109 Å². The lowest BCUT2D eigenvalue weighted by Crippen LogP contribution is -1.82. The fourth-order valence-electron chi connectivity index (χ4n) is 1.91. The second kappa shape index (κ2) is 4.35. The molecule has 0 atom stereocenters. The third kappa shape index (κ3) is 1.93. The van der Waals surface area contributed by atoms with Gasteiger partial charge < -0.3 is 9.72 Å². The lowest BCUT2D eigenvalue weighted by atomic mass is 10.1. The first-order valence-electron chi connectivity index (χ1n) is 5.55. The summed E-state index contributed by atoms with van der Waals surface area (Å²) in [5.74, 6) is 0.844. The van der Waals surface area contributed by atoms with Crippen LogP contribution in [-0.4, -0.2) is 17.1 Å². The average Bonchev–Trinajstić information content (AvgIpc) is 2.81. The van der Waals surface area contributed by atoms with Gasteiger partial charge in [-0.3, -0.25) is 0 Å². The Morgan fingerprint density at radius 2 is 1.94 bits per heavy atom. The van der Waals surface area contributed by atoms with Crippen LogP contribution in [0.15, 0.2) is 42.6 Å². The van der Waals surface area contributed by atoms with Gasteiger partial charge in [0.05, 0.1) is 12.1 Å². The Kier molecular flexibility index (Phi) is 2.68. The highest BCUT2D eigenvalue weighted by molar-refractivity contribution is 6.31. The molecule has 90 valence electrons. The van der Waals surface area contributed by atoms with Gasteiger partial charge >= 0.3 is 0 Å². The van der Waals surface area contributed by atoms with Gasteiger partial charge in [0, 0.05) is 17.3 Å². The summed E-state index contributed by atoms with van der Waals surface area (Å²) in [6.07, 6.45) is 1.64. The molecule has 2 heterocycles. The molecule has 0 aliphatic carbocycles. The summed E-state index contributed by atoms with van der Waals surface area (Å²) in [6.45, 7) is 0. The van der Waals surface area contributed by atoms with Crippen molar-refractivity contribution in [3.05, 3.63) is 47.6 Å². The van der Waals surface area contributed by atoms with E-state index in [0.29, 0.717) is 5.02 Å². The topological polar surface area (TPSA) is 37.9 Å². The van der Waals surface area contributed by atoms with Gasteiger partial charge in [-0.1, -0.05) is 11.6 Å². The van der Waals surface area contributed by atoms with E-state index >= 15 is 0 Å². The zero-order valence-electron chi connectivity index (χ0n) is 9.77. The van der Waals surface area contributed by atoms with Crippen molar-refractivity contribution in [1.29, 1.82) is 0 Å². The molecule has 3 rings (SSSR count). The lowest BCUT2D eigenvalue weighted by molar-refractivity contribution is 0.415. The molecule has 0 spiro atoms. The number of rotatable bonds is 2. The molecule has 0 saturated carbocycles. The van der Waals surface area contributed by atoms with Crippen LogP contribution in [0.2, 0.25) is 5.02 Å². The van der Waals surface area contributed by atoms with Gasteiger partial charge in [0.1, 0.15) is 11.4 Å². The van der Waals surface area contributed by atoms with Crippen molar-refractivity contribution in [3.8, 4) is 17.0 Å². The van der Waals surface area contributed by atoms with Crippen LogP contribution in [0, 0.1) is 0 Å². The number of aromatic amines is 1. The van der Waals surface area contributed by atoms with Crippen molar-refractivity contribution in [2.24, 2.45) is 0 Å². The number of fused-ring (bicyclic) bond motifs is 1. The van der Waals surface area contributed by atoms with Gasteiger partial charge in [-0.05, 0) is 42.0 Å². The van der Waals surface area contributed by atoms with Crippen LogP contribution in [0.3, 0.4) is 0 Å². The maximum Gasteiger partial charge on any atom is 0.137 e. The number of nitrogens with zero attached hydrogens (tertiary/aromatic N) is 1. The minimum Gasteiger partial charge on any atom is -0.497 e. The molecule has 0 aliphatic rings. The SMILES string of the molecule is COc1ccc(-c2cc3cc(Cl)cnc3[nH]2)cc1. The lowest BCUT2D eigenvalue weighted by Gasteiger charge is -2.00. The normalized spacial score (nSPS) is 10.8. The third-order valence-electron chi connectivity index (χ3n) is 2.84. The van der Waals surface area contributed by atoms with E-state index in [1.54, 1.807) is 13.3 Å². The maximum absolute atomic E-state index is 5.92. The molecular weight excluding hydrogens is 248 g/mol. The molecule has 0 amide bonds. The van der Waals surface area contributed by atoms with Gasteiger partial charge in [-0.25, -0.2) is 4.98 Å². The quantitative estimate of drug-likeness (QED) is 0.757. The second-order valence-electron chi connectivity index (χ2n) is 4.00. The molecule has 1 N–H and O–H groups in total. The number of H-pyrrole nitrogens is 1. The molecular formula is C14H11ClN2O. The number of ether oxygens (including phenoxy) is 1. The smallest absolute Gasteiger partial charge is 0.137 e. The molecule has 0 aliphatic heterocycles. The van der Waals surface area contributed by atoms with Gasteiger partial charge in [-0.2, -0.15) is 0 Å². The molecule has 0 unspecified atom stereocenters. The number of aromatic nitrogens is 2. The Morgan fingerprint density at radius 3 is 2.67 bits per heavy atom. The van der Waals surface area contributed by atoms with Crippen molar-refractivity contribution in [2.45, 2.75) is 0 Å². The van der Waals surface area contributed by atoms with Crippen LogP contribution in [0.25, 0.3) is 22.3 Å². The van der Waals surface area contributed by atoms with Crippen LogP contribution >= 0.6 is 11.6 Å². The van der Waals surface area contributed by atoms with E-state index in [0.717, 1.165) is 28.0 Å². The summed E-state index contributed by atoms with van der Waals surface area (Å²) >= 11 is 5.92. The summed E-state index contributed by atoms with van der Waals surface area (Å²) in [7, 11) is 1.66. The van der Waals surface area contributed by atoms with Crippen molar-refractivity contribution >= 4 is 22.6 Å². The molecule has 0 saturated heterocycles. The standard InChI is InChI=1S/C14H11ClN2O/c1-18-12-4-2-9(3-5-12)13-7-10-6-11(15)8-16-14(10)17-13/h2-8H,1H3,(H,16,17). The molecule has 18 heavy (non-hydrogen) atoms. The minimum absolute atomic E-state index is 0.641. The minimum atomic E-state index is 0.641. The Balaban J connectivity index is 2.07. The number of hydrogen-bond acceptors (Lipinski definition) is 2. The molecule has 0 bridgehead atoms. The fraction of sp³-hybridized carbons (Fsp3) is 0.0714. The Morgan fingerprint density at radius 1 is 1.17 bits per heavy atom. The highest BCUT2D eigenvalue weighted by Crippen LogP contribution is 2.26. The molecule has 4 heteroatoms. The van der Waals surface area contributed by atoms with Crippen molar-refractivity contribution in [3.63, 3.8) is 0 Å². The zero-order valence-corrected chi connectivity index (χ0v) is 10.5. The molecule has 1 aromatic carbocycles. The monoisotopic (exact) mass is 258 g/mol. The van der Waals surface area contributed by atoms with Gasteiger partial charge in [0.15, 0.2) is 0 Å². The molecule has 2 aromatic heterocycles. The number of benzene rings is 1. The molecule has 0 radical (unpaired) electrons. The Bertz CT molecular complexity index is 689. The van der Waals surface area contributed by atoms with E-state index in [-0.39, 0.29) is 0 Å². The zero-order chi connectivity index (χ0) is 12.5. The number of pyridine rings is 1. The number of nitrogens with one attached hydrogen (secondary N) is 1. The first kappa shape index (κ1) is 11.1. The maximum atomic E-state index is 5.92. The van der Waals surface area contributed by atoms with E-state index in [4.69, 9.17) is 16.3 Å². The summed E-state index contributed by atoms with van der Waals surface area (Å²) in [4.78, 5) is 7.51. The largest absolute Gasteiger partial charge is 0.497 e. The van der Waals surface area contributed by atoms with E-state index in [1.165, 1.54) is 0 Å². The highest BCUT2D eigenvalue weighted by atomic mass is 35.5. The van der Waals surface area contributed by atoms with Crippen LogP contribution in [0.1, 0.15) is 0 Å². The van der Waals surface area contributed by atoms with Crippen molar-refractivity contribution in [1.82, 2.24) is 9.97 Å². The van der Waals surface area contributed by atoms with Crippen molar-refractivity contribution in [2.75, 3.05) is 7.11 Å². The summed E-state index contributed by atoms with van der Waals surface area (Å²) in [6, 6.07) is 11.8. The first-order chi connectivity index (χ1) is 8.76. The van der Waals surface area contributed by atoms with E-state index in [1.807, 2.05) is 36.4 Å². The number of methoxy groups -OCH3 is 1. The summed E-state index contributed by atoms with van der Waals surface area (Å²) < 4.78 is 5.14. The molecule has 3 nitrogen and oxygen atoms in total. The van der Waals surface area contributed by atoms with E-state index < -0.39 is 0 Å². The predicted octanol–water partition coefficient (Wildman–Crippen LogP) is 3.89. The molecule has 0 fully saturated rings. The summed E-state index contributed by atoms with van der Waals surface area (Å²) in [5.41, 5.74) is 2.94. The second-order valence-corrected chi connectivity index (χ2v) is 4.44. The van der Waals surface area contributed by atoms with Crippen LogP contribution in [-0.2, 0) is 0 Å². The number of hydrogen-bond donors (Lipinski definition) is 1. The van der Waals surface area contributed by atoms with Gasteiger partial charge in [0.2, 0.25) is 0 Å². The molecule has 3 aromatic rings.